The van der Waals surface area contributed by atoms with Gasteiger partial charge in [-0.15, -0.1) is 0 Å². The highest BCUT2D eigenvalue weighted by Crippen LogP contribution is 2.34. The molecule has 32 nitrogen and oxygen atoms in total. The molecule has 7 aromatic heterocycles. The van der Waals surface area contributed by atoms with Crippen LogP contribution in [0.1, 0.15) is 72.9 Å². The first-order valence-electron chi connectivity index (χ1n) is 42.8. The van der Waals surface area contributed by atoms with Gasteiger partial charge < -0.3 is 80.5 Å². The van der Waals surface area contributed by atoms with E-state index in [4.69, 9.17) is 24.7 Å². The first kappa shape index (κ1) is 90.4. The number of likely N-dealkylation sites (tertiary alicyclic amines) is 4. The summed E-state index contributed by atoms with van der Waals surface area (Å²) in [5.41, 5.74) is 12.2. The molecular weight excluding hydrogens is 1650 g/mol. The van der Waals surface area contributed by atoms with Gasteiger partial charge in [-0.3, -0.25) is 38.4 Å². The van der Waals surface area contributed by atoms with Gasteiger partial charge in [0.1, 0.15) is 112 Å². The lowest BCUT2D eigenvalue weighted by Gasteiger charge is -2.33. The average molecular weight is 1750 g/mol. The van der Waals surface area contributed by atoms with Crippen LogP contribution in [0.4, 0.5) is 29.1 Å². The van der Waals surface area contributed by atoms with Crippen molar-refractivity contribution in [3.8, 4) is 62.1 Å². The molecule has 9 N–H and O–H groups in total. The van der Waals surface area contributed by atoms with Crippen LogP contribution in [0.25, 0.3) is 66.5 Å². The lowest BCUT2D eigenvalue weighted by atomic mass is 9.98. The number of ketones is 1. The quantitative estimate of drug-likeness (QED) is 0.0150. The van der Waals surface area contributed by atoms with Gasteiger partial charge in [0.05, 0.1) is 22.8 Å². The number of hydrogen-bond acceptors (Lipinski definition) is 25. The average Bonchev–Trinajstić information content (AvgIpc) is 0.799. The van der Waals surface area contributed by atoms with Crippen LogP contribution < -0.4 is 57.9 Å². The van der Waals surface area contributed by atoms with Gasteiger partial charge in [-0.05, 0) is 190 Å². The van der Waals surface area contributed by atoms with Crippen molar-refractivity contribution in [3.63, 3.8) is 0 Å². The summed E-state index contributed by atoms with van der Waals surface area (Å²) in [7, 11) is 1.62. The van der Waals surface area contributed by atoms with Crippen molar-refractivity contribution in [3.05, 3.63) is 300 Å². The SMILES string of the molecule is C=CC(=O)N1CCCC(Nc2ncnc(N)c2C(=O)c2ccc(Oc3ccccc3)cc2C)C1.C=CC(=O)N1CCCC(Nc2ncnc3[nH]c(=O)c(-c4ccc(OCCOC)cc4)cc23)C1.C=CC(=O)N1CCCC(Nc2ncnc3[nH]c(=O)c(-c4ccc(Oc5ccccc5)cc4)cc23)C1.C=CC(=O)N1CCCC(Nc2ncnc3[nH]c(=O)c(-c4ccccc4)cc23)C1. The summed E-state index contributed by atoms with van der Waals surface area (Å²) in [6.45, 7) is 22.2. The number of carbonyl (C=O) groups excluding carboxylic acids is 5. The highest BCUT2D eigenvalue weighted by Gasteiger charge is 2.30. The van der Waals surface area contributed by atoms with Crippen molar-refractivity contribution in [2.45, 2.75) is 82.5 Å². The Balaban J connectivity index is 0.000000140. The number of fused-ring (bicyclic) bond motifs is 3. The van der Waals surface area contributed by atoms with Crippen LogP contribution in [0.2, 0.25) is 0 Å². The second kappa shape index (κ2) is 43.4. The maximum Gasteiger partial charge on any atom is 0.257 e. The Hall–Kier alpha value is -15.9. The van der Waals surface area contributed by atoms with Gasteiger partial charge in [0.2, 0.25) is 29.4 Å². The summed E-state index contributed by atoms with van der Waals surface area (Å²) in [5.74, 6) is 5.22. The standard InChI is InChI=1S/C27H25N5O3.C26H27N5O3.C24H27N5O4.C21H21N5O2/c1-2-24(33)32-14-6-7-19(16-32)30-25-23-15-22(27(34)31-26(23)29-17-28-25)18-10-12-21(13-11-18)35-20-8-4-3-5-9-20;1-3-22(32)31-13-7-8-18(15-31)30-26-23(25(27)28-16-29-26)24(33)21-12-11-20(14-17(21)2)34-19-9-5-4-6-10-19;1-3-21(30)29-10-4-5-17(14-29)27-22-20-13-19(24(31)28-23(20)26-15-25-22)16-6-8-18(9-7-16)33-12-11-32-2;1-2-18(27)26-10-6-9-15(12-26)24-19-17-11-16(14-7-4-3-5-8-14)21(28)25-20(17)23-13-22-19/h2-5,8-13,15,17,19H,1,6-7,14,16H2,(H2,28,29,30,31,34);3-6,9-12,14,16,18H,1,7-8,13,15H2,2H3,(H3,27,28,29,30);3,6-9,13,15,17H,1,4-5,10-12,14H2,2H3,(H2,25,26,27,28,31);2-5,7-8,11,13,15H,1,6,9-10,12H2,(H2,22,23,24,25,28). The van der Waals surface area contributed by atoms with E-state index >= 15 is 0 Å². The number of nitrogens with zero attached hydrogens (tertiary/aromatic N) is 12. The molecule has 0 radical (unpaired) electrons. The van der Waals surface area contributed by atoms with Crippen LogP contribution in [-0.2, 0) is 23.9 Å². The minimum Gasteiger partial charge on any atom is -0.491 e. The van der Waals surface area contributed by atoms with E-state index in [0.29, 0.717) is 142 Å². The highest BCUT2D eigenvalue weighted by molar-refractivity contribution is 6.15. The summed E-state index contributed by atoms with van der Waals surface area (Å²) < 4.78 is 22.3. The molecule has 4 atom stereocenters. The molecule has 6 aromatic carbocycles. The van der Waals surface area contributed by atoms with Crippen LogP contribution in [0.5, 0.6) is 28.7 Å². The number of ether oxygens (including phenoxy) is 4. The van der Waals surface area contributed by atoms with Gasteiger partial charge >= 0.3 is 0 Å². The van der Waals surface area contributed by atoms with Crippen molar-refractivity contribution in [1.82, 2.24) is 74.4 Å². The number of pyridine rings is 3. The lowest BCUT2D eigenvalue weighted by Crippen LogP contribution is -2.44. The number of para-hydroxylation sites is 2. The Morgan fingerprint density at radius 1 is 0.408 bits per heavy atom. The third kappa shape index (κ3) is 22.9. The van der Waals surface area contributed by atoms with E-state index in [2.05, 4.69) is 102 Å². The van der Waals surface area contributed by atoms with Gasteiger partial charge in [-0.1, -0.05) is 117 Å². The van der Waals surface area contributed by atoms with Crippen LogP contribution >= 0.6 is 0 Å². The molecule has 13 aromatic rings. The van der Waals surface area contributed by atoms with Gasteiger partial charge in [0.25, 0.3) is 16.7 Å². The molecule has 130 heavy (non-hydrogen) atoms. The number of aromatic nitrogens is 11. The molecule has 4 fully saturated rings. The summed E-state index contributed by atoms with van der Waals surface area (Å²) >= 11 is 0. The molecule has 0 aliphatic carbocycles. The molecule has 664 valence electrons. The number of rotatable bonds is 25. The molecule has 0 bridgehead atoms. The minimum atomic E-state index is -0.279. The largest absolute Gasteiger partial charge is 0.491 e. The number of methoxy groups -OCH3 is 1. The van der Waals surface area contributed by atoms with Crippen LogP contribution in [0, 0.1) is 6.92 Å². The molecule has 0 saturated carbocycles. The van der Waals surface area contributed by atoms with E-state index < -0.39 is 0 Å². The Bertz CT molecular complexity index is 6440. The van der Waals surface area contributed by atoms with Gasteiger partial charge in [0, 0.05) is 106 Å². The number of nitrogens with one attached hydrogen (secondary N) is 7. The third-order valence-corrected chi connectivity index (χ3v) is 22.4. The van der Waals surface area contributed by atoms with Gasteiger partial charge in [-0.25, -0.2) is 39.9 Å². The molecule has 11 heterocycles. The van der Waals surface area contributed by atoms with Gasteiger partial charge in [0.15, 0.2) is 0 Å². The first-order valence-corrected chi connectivity index (χ1v) is 42.8. The zero-order valence-electron chi connectivity index (χ0n) is 72.1. The molecule has 4 amide bonds. The number of aryl methyl sites for hydroxylation is 1. The number of aromatic amines is 3. The molecule has 17 rings (SSSR count). The van der Waals surface area contributed by atoms with Crippen LogP contribution in [0.15, 0.2) is 266 Å². The maximum absolute atomic E-state index is 13.5. The monoisotopic (exact) mass is 1750 g/mol. The fourth-order valence-electron chi connectivity index (χ4n) is 15.9. The smallest absolute Gasteiger partial charge is 0.257 e. The van der Waals surface area contributed by atoms with Crippen LogP contribution in [-0.4, -0.2) is 201 Å². The van der Waals surface area contributed by atoms with E-state index in [0.717, 1.165) is 104 Å². The highest BCUT2D eigenvalue weighted by atomic mass is 16.5. The number of anilines is 5. The second-order valence-electron chi connectivity index (χ2n) is 31.3. The maximum atomic E-state index is 13.5. The number of amides is 4. The normalized spacial score (nSPS) is 15.9. The summed E-state index contributed by atoms with van der Waals surface area (Å²) in [6.07, 6.45) is 18.1. The van der Waals surface area contributed by atoms with Crippen molar-refractivity contribution < 1.29 is 42.9 Å². The summed E-state index contributed by atoms with van der Waals surface area (Å²) in [5, 5.41) is 15.8. The number of benzene rings is 6. The zero-order valence-corrected chi connectivity index (χ0v) is 72.1. The van der Waals surface area contributed by atoms with Crippen molar-refractivity contribution in [2.24, 2.45) is 0 Å². The van der Waals surface area contributed by atoms with E-state index in [1.807, 2.05) is 159 Å². The van der Waals surface area contributed by atoms with Gasteiger partial charge in [-0.2, -0.15) is 0 Å². The number of piperidine rings is 4. The molecule has 4 aliphatic rings. The lowest BCUT2D eigenvalue weighted by molar-refractivity contribution is -0.127. The summed E-state index contributed by atoms with van der Waals surface area (Å²) in [6, 6.07) is 53.9. The molecule has 0 spiro atoms. The van der Waals surface area contributed by atoms with E-state index in [-0.39, 0.29) is 81.6 Å². The Labute approximate surface area is 748 Å². The summed E-state index contributed by atoms with van der Waals surface area (Å²) in [4.78, 5) is 150. The third-order valence-electron chi connectivity index (χ3n) is 22.4. The predicted molar refractivity (Wildman–Crippen MR) is 502 cm³/mol. The number of H-pyrrole nitrogens is 3. The fraction of sp³-hybridized carbons (Fsp3) is 0.245. The van der Waals surface area contributed by atoms with Crippen molar-refractivity contribution in [1.29, 1.82) is 0 Å². The Morgan fingerprint density at radius 2 is 0.738 bits per heavy atom. The van der Waals surface area contributed by atoms with Crippen LogP contribution in [0.3, 0.4) is 0 Å². The molecule has 4 saturated heterocycles. The number of carbonyl (C=O) groups is 5. The van der Waals surface area contributed by atoms with E-state index in [1.165, 1.54) is 49.6 Å². The predicted octanol–water partition coefficient (Wildman–Crippen LogP) is 13.5. The molecule has 4 aliphatic heterocycles. The first-order chi connectivity index (χ1) is 63.3. The van der Waals surface area contributed by atoms with Crippen molar-refractivity contribution >= 4 is 91.6 Å². The number of nitrogen functional groups attached to an aromatic ring is 1. The van der Waals surface area contributed by atoms with E-state index in [9.17, 15) is 38.4 Å². The van der Waals surface area contributed by atoms with E-state index in [1.54, 1.807) is 51.0 Å². The topological polar surface area (TPSA) is 411 Å². The van der Waals surface area contributed by atoms with Crippen molar-refractivity contribution in [2.75, 3.05) is 99.7 Å². The number of nitrogens with two attached hydrogens (primary N) is 1. The molecular formula is C98H100N20O12. The fourth-order valence-corrected chi connectivity index (χ4v) is 15.9. The zero-order chi connectivity index (χ0) is 91.0. The minimum absolute atomic E-state index is 0.0375. The molecule has 32 heteroatoms. The number of hydrogen-bond donors (Lipinski definition) is 8. The Morgan fingerprint density at radius 3 is 1.12 bits per heavy atom. The molecule has 4 unspecified atom stereocenters. The Kier molecular flexibility index (Phi) is 30.1. The second-order valence-corrected chi connectivity index (χ2v) is 31.3.